The lowest BCUT2D eigenvalue weighted by atomic mass is 10.5. The monoisotopic (exact) mass is 188 g/mol. The van der Waals surface area contributed by atoms with Crippen LogP contribution >= 0.6 is 34.8 Å². The van der Waals surface area contributed by atoms with Crippen molar-refractivity contribution in [1.82, 2.24) is 5.32 Å². The van der Waals surface area contributed by atoms with Gasteiger partial charge in [-0.1, -0.05) is 41.7 Å². The van der Waals surface area contributed by atoms with E-state index < -0.39 is 3.79 Å². The molecule has 55 valence electrons. The number of alkyl halides is 3. The van der Waals surface area contributed by atoms with E-state index in [1.165, 1.54) is 0 Å². The van der Waals surface area contributed by atoms with E-state index in [1.807, 2.05) is 6.92 Å². The van der Waals surface area contributed by atoms with Gasteiger partial charge in [0.05, 0.1) is 0 Å². The maximum atomic E-state index is 5.44. The van der Waals surface area contributed by atoms with E-state index in [2.05, 4.69) is 5.32 Å². The van der Waals surface area contributed by atoms with E-state index in [0.717, 1.165) is 6.54 Å². The van der Waals surface area contributed by atoms with Crippen LogP contribution in [0.2, 0.25) is 0 Å². The van der Waals surface area contributed by atoms with Crippen LogP contribution in [0.4, 0.5) is 0 Å². The molecule has 0 amide bonds. The van der Waals surface area contributed by atoms with Gasteiger partial charge in [0, 0.05) is 19.5 Å². The molecule has 0 aliphatic carbocycles. The van der Waals surface area contributed by atoms with Gasteiger partial charge in [-0.05, 0) is 0 Å². The Hall–Kier alpha value is 0.830. The summed E-state index contributed by atoms with van der Waals surface area (Å²) in [5, 5.41) is 4.00. The lowest BCUT2D eigenvalue weighted by molar-refractivity contribution is 0.669. The van der Waals surface area contributed by atoms with Crippen LogP contribution < -0.4 is 5.32 Å². The van der Waals surface area contributed by atoms with E-state index in [1.54, 1.807) is 0 Å². The SMILES string of the molecule is CC[N]CCC(Cl)(Cl)Cl. The zero-order valence-electron chi connectivity index (χ0n) is 5.20. The summed E-state index contributed by atoms with van der Waals surface area (Å²) in [7, 11) is 0. The van der Waals surface area contributed by atoms with Crippen molar-refractivity contribution < 1.29 is 0 Å². The number of nitrogens with zero attached hydrogens (tertiary/aromatic N) is 1. The Balaban J connectivity index is 3.07. The molecule has 0 saturated carbocycles. The molecule has 1 nitrogen and oxygen atoms in total. The smallest absolute Gasteiger partial charge is 0.191 e. The summed E-state index contributed by atoms with van der Waals surface area (Å²) in [6.07, 6.45) is 0.505. The van der Waals surface area contributed by atoms with Crippen molar-refractivity contribution in [1.29, 1.82) is 0 Å². The molecule has 0 aliphatic heterocycles. The quantitative estimate of drug-likeness (QED) is 0.478. The van der Waals surface area contributed by atoms with Crippen molar-refractivity contribution in [3.05, 3.63) is 0 Å². The highest BCUT2D eigenvalue weighted by atomic mass is 35.6. The largest absolute Gasteiger partial charge is 0.242 e. The predicted molar refractivity (Wildman–Crippen MR) is 42.4 cm³/mol. The zero-order valence-corrected chi connectivity index (χ0v) is 7.47. The molecular weight excluding hydrogens is 180 g/mol. The van der Waals surface area contributed by atoms with Crippen LogP contribution in [0.3, 0.4) is 0 Å². The van der Waals surface area contributed by atoms with E-state index >= 15 is 0 Å². The first-order valence-electron chi connectivity index (χ1n) is 2.76. The number of hydrogen-bond acceptors (Lipinski definition) is 0. The van der Waals surface area contributed by atoms with Gasteiger partial charge in [-0.2, -0.15) is 0 Å². The fraction of sp³-hybridized carbons (Fsp3) is 1.00. The first-order chi connectivity index (χ1) is 4.06. The molecule has 0 aromatic carbocycles. The highest BCUT2D eigenvalue weighted by molar-refractivity contribution is 6.67. The maximum absolute atomic E-state index is 5.44. The van der Waals surface area contributed by atoms with Gasteiger partial charge in [0.1, 0.15) is 0 Å². The van der Waals surface area contributed by atoms with Crippen molar-refractivity contribution in [2.75, 3.05) is 13.1 Å². The van der Waals surface area contributed by atoms with E-state index in [0.29, 0.717) is 13.0 Å². The molecule has 0 unspecified atom stereocenters. The van der Waals surface area contributed by atoms with Gasteiger partial charge >= 0.3 is 0 Å². The van der Waals surface area contributed by atoms with Gasteiger partial charge in [0.15, 0.2) is 3.79 Å². The van der Waals surface area contributed by atoms with Gasteiger partial charge < -0.3 is 0 Å². The standard InChI is InChI=1S/C5H9Cl3N/c1-2-9-4-3-5(6,7)8/h2-4H2,1H3. The van der Waals surface area contributed by atoms with Crippen LogP contribution in [0.15, 0.2) is 0 Å². The maximum Gasteiger partial charge on any atom is 0.191 e. The molecule has 1 radical (unpaired) electrons. The molecule has 4 heteroatoms. The molecule has 0 fully saturated rings. The molecule has 0 aromatic rings. The summed E-state index contributed by atoms with van der Waals surface area (Å²) in [5.41, 5.74) is 0. The summed E-state index contributed by atoms with van der Waals surface area (Å²) in [6, 6.07) is 0. The molecule has 0 N–H and O–H groups in total. The van der Waals surface area contributed by atoms with Crippen molar-refractivity contribution in [2.24, 2.45) is 0 Å². The Morgan fingerprint density at radius 2 is 1.89 bits per heavy atom. The minimum absolute atomic E-state index is 0.505. The van der Waals surface area contributed by atoms with Crippen LogP contribution in [0.1, 0.15) is 13.3 Å². The molecule has 0 aliphatic rings. The fourth-order valence-electron chi connectivity index (χ4n) is 0.364. The summed E-state index contributed by atoms with van der Waals surface area (Å²) >= 11 is 16.3. The highest BCUT2D eigenvalue weighted by Gasteiger charge is 2.17. The molecule has 0 saturated heterocycles. The normalized spacial score (nSPS) is 12.0. The van der Waals surface area contributed by atoms with Crippen molar-refractivity contribution in [2.45, 2.75) is 17.1 Å². The van der Waals surface area contributed by atoms with Crippen LogP contribution in [0.5, 0.6) is 0 Å². The van der Waals surface area contributed by atoms with Crippen LogP contribution in [-0.2, 0) is 0 Å². The summed E-state index contributed by atoms with van der Waals surface area (Å²) < 4.78 is -1.13. The van der Waals surface area contributed by atoms with Gasteiger partial charge in [0.25, 0.3) is 0 Å². The Bertz CT molecular complexity index is 69.1. The predicted octanol–water partition coefficient (Wildman–Crippen LogP) is 2.37. The van der Waals surface area contributed by atoms with Crippen LogP contribution in [0, 0.1) is 0 Å². The summed E-state index contributed by atoms with van der Waals surface area (Å²) in [5.74, 6) is 0. The van der Waals surface area contributed by atoms with Gasteiger partial charge in [0.2, 0.25) is 0 Å². The molecular formula is C5H9Cl3N. The third-order valence-corrected chi connectivity index (χ3v) is 1.34. The minimum atomic E-state index is -1.13. The molecule has 0 bridgehead atoms. The Kier molecular flexibility index (Phi) is 5.04. The van der Waals surface area contributed by atoms with E-state index in [4.69, 9.17) is 34.8 Å². The van der Waals surface area contributed by atoms with Gasteiger partial charge in [-0.15, -0.1) is 0 Å². The lowest BCUT2D eigenvalue weighted by Gasteiger charge is -2.08. The van der Waals surface area contributed by atoms with E-state index in [-0.39, 0.29) is 0 Å². The number of halogens is 3. The lowest BCUT2D eigenvalue weighted by Crippen LogP contribution is -2.13. The Morgan fingerprint density at radius 3 is 2.22 bits per heavy atom. The third kappa shape index (κ3) is 8.83. The van der Waals surface area contributed by atoms with Crippen molar-refractivity contribution in [3.63, 3.8) is 0 Å². The average molecular weight is 189 g/mol. The second-order valence-corrected chi connectivity index (χ2v) is 4.14. The number of rotatable bonds is 3. The summed E-state index contributed by atoms with van der Waals surface area (Å²) in [6.45, 7) is 3.38. The van der Waals surface area contributed by atoms with Gasteiger partial charge in [-0.3, -0.25) is 0 Å². The second-order valence-electron chi connectivity index (χ2n) is 1.63. The molecule has 0 rings (SSSR count). The topological polar surface area (TPSA) is 14.1 Å². The average Bonchev–Trinajstić information content (AvgIpc) is 1.63. The van der Waals surface area contributed by atoms with Crippen molar-refractivity contribution >= 4 is 34.8 Å². The first kappa shape index (κ1) is 9.83. The van der Waals surface area contributed by atoms with Gasteiger partial charge in [-0.25, -0.2) is 5.32 Å². The zero-order chi connectivity index (χ0) is 7.33. The third-order valence-electron chi connectivity index (χ3n) is 0.777. The minimum Gasteiger partial charge on any atom is -0.242 e. The highest BCUT2D eigenvalue weighted by Crippen LogP contribution is 2.29. The molecule has 0 heterocycles. The molecule has 0 atom stereocenters. The van der Waals surface area contributed by atoms with E-state index in [9.17, 15) is 0 Å². The Labute approximate surface area is 70.7 Å². The summed E-state index contributed by atoms with van der Waals surface area (Å²) in [4.78, 5) is 0. The fourth-order valence-corrected chi connectivity index (χ4v) is 0.617. The van der Waals surface area contributed by atoms with Crippen molar-refractivity contribution in [3.8, 4) is 0 Å². The molecule has 0 spiro atoms. The van der Waals surface area contributed by atoms with Crippen LogP contribution in [-0.4, -0.2) is 16.9 Å². The Morgan fingerprint density at radius 1 is 1.33 bits per heavy atom. The number of hydrogen-bond donors (Lipinski definition) is 0. The molecule has 0 aromatic heterocycles. The first-order valence-corrected chi connectivity index (χ1v) is 3.89. The van der Waals surface area contributed by atoms with Crippen LogP contribution in [0.25, 0.3) is 0 Å². The molecule has 9 heavy (non-hydrogen) atoms. The second kappa shape index (κ2) is 4.62.